The number of piperazine rings is 1. The smallest absolute Gasteiger partial charge is 0.256 e. The monoisotopic (exact) mass is 401 g/mol. The molecule has 0 N–H and O–H groups in total. The number of anilines is 1. The molecule has 2 aromatic carbocycles. The van der Waals surface area contributed by atoms with Crippen molar-refractivity contribution in [1.29, 1.82) is 0 Å². The first-order valence-electron chi connectivity index (χ1n) is 8.99. The molecular weight excluding hydrogens is 378 g/mol. The molecule has 1 aliphatic rings. The molecule has 28 heavy (non-hydrogen) atoms. The van der Waals surface area contributed by atoms with E-state index in [1.807, 2.05) is 30.3 Å². The van der Waals surface area contributed by atoms with Crippen LogP contribution in [0.1, 0.15) is 15.9 Å². The molecular formula is C20H23N3O4S. The molecule has 0 bridgehead atoms. The summed E-state index contributed by atoms with van der Waals surface area (Å²) >= 11 is 0. The van der Waals surface area contributed by atoms with Crippen molar-refractivity contribution in [3.05, 3.63) is 65.7 Å². The number of hydrogen-bond donors (Lipinski definition) is 0. The van der Waals surface area contributed by atoms with Gasteiger partial charge in [0.05, 0.1) is 24.1 Å². The lowest BCUT2D eigenvalue weighted by Gasteiger charge is -2.33. The van der Waals surface area contributed by atoms with E-state index in [9.17, 15) is 18.0 Å². The molecule has 2 aromatic rings. The van der Waals surface area contributed by atoms with Gasteiger partial charge in [-0.3, -0.25) is 13.9 Å². The second-order valence-corrected chi connectivity index (χ2v) is 8.61. The van der Waals surface area contributed by atoms with Crippen LogP contribution in [0.3, 0.4) is 0 Å². The Morgan fingerprint density at radius 2 is 1.61 bits per heavy atom. The minimum absolute atomic E-state index is 0.142. The zero-order valence-corrected chi connectivity index (χ0v) is 16.5. The fourth-order valence-corrected chi connectivity index (χ4v) is 4.10. The van der Waals surface area contributed by atoms with Crippen LogP contribution in [-0.2, 0) is 21.4 Å². The molecule has 148 valence electrons. The SMILES string of the molecule is CS(=O)(=O)N(Cc1ccccc1)c1ccccc1C(=O)N1CCN(C=O)CC1. The molecule has 2 amide bonds. The molecule has 3 rings (SSSR count). The van der Waals surface area contributed by atoms with Crippen LogP contribution in [0.2, 0.25) is 0 Å². The predicted molar refractivity (Wildman–Crippen MR) is 107 cm³/mol. The first-order chi connectivity index (χ1) is 13.4. The normalized spacial score (nSPS) is 14.6. The Labute approximate surface area is 165 Å². The third-order valence-corrected chi connectivity index (χ3v) is 5.85. The van der Waals surface area contributed by atoms with Gasteiger partial charge in [-0.1, -0.05) is 42.5 Å². The summed E-state index contributed by atoms with van der Waals surface area (Å²) in [5.41, 5.74) is 1.52. The number of carbonyl (C=O) groups is 2. The Balaban J connectivity index is 1.92. The van der Waals surface area contributed by atoms with Gasteiger partial charge in [0.1, 0.15) is 0 Å². The van der Waals surface area contributed by atoms with Crippen LogP contribution in [0.5, 0.6) is 0 Å². The molecule has 0 radical (unpaired) electrons. The Bertz CT molecular complexity index is 939. The average molecular weight is 401 g/mol. The maximum absolute atomic E-state index is 13.1. The summed E-state index contributed by atoms with van der Waals surface area (Å²) in [6.45, 7) is 1.92. The molecule has 0 unspecified atom stereocenters. The third kappa shape index (κ3) is 4.51. The highest BCUT2D eigenvalue weighted by Gasteiger charge is 2.27. The summed E-state index contributed by atoms with van der Waals surface area (Å²) in [6, 6.07) is 16.0. The van der Waals surface area contributed by atoms with Gasteiger partial charge < -0.3 is 9.80 Å². The lowest BCUT2D eigenvalue weighted by molar-refractivity contribution is -0.119. The van der Waals surface area contributed by atoms with Gasteiger partial charge >= 0.3 is 0 Å². The van der Waals surface area contributed by atoms with Crippen molar-refractivity contribution < 1.29 is 18.0 Å². The number of hydrogen-bond acceptors (Lipinski definition) is 4. The highest BCUT2D eigenvalue weighted by molar-refractivity contribution is 7.92. The molecule has 7 nitrogen and oxygen atoms in total. The molecule has 1 saturated heterocycles. The van der Waals surface area contributed by atoms with E-state index in [0.717, 1.165) is 18.2 Å². The van der Waals surface area contributed by atoms with Crippen molar-refractivity contribution in [2.24, 2.45) is 0 Å². The van der Waals surface area contributed by atoms with E-state index in [1.165, 1.54) is 4.31 Å². The molecule has 0 spiro atoms. The molecule has 1 aliphatic heterocycles. The zero-order valence-electron chi connectivity index (χ0n) is 15.7. The van der Waals surface area contributed by atoms with Crippen LogP contribution in [0.4, 0.5) is 5.69 Å². The van der Waals surface area contributed by atoms with E-state index in [1.54, 1.807) is 34.1 Å². The van der Waals surface area contributed by atoms with Crippen LogP contribution in [0, 0.1) is 0 Å². The van der Waals surface area contributed by atoms with Gasteiger partial charge in [-0.05, 0) is 17.7 Å². The van der Waals surface area contributed by atoms with E-state index in [-0.39, 0.29) is 12.5 Å². The molecule has 0 aromatic heterocycles. The van der Waals surface area contributed by atoms with E-state index in [0.29, 0.717) is 37.4 Å². The fraction of sp³-hybridized carbons (Fsp3) is 0.300. The summed E-state index contributed by atoms with van der Waals surface area (Å²) in [4.78, 5) is 27.3. The second-order valence-electron chi connectivity index (χ2n) is 6.71. The predicted octanol–water partition coefficient (Wildman–Crippen LogP) is 1.57. The molecule has 1 fully saturated rings. The van der Waals surface area contributed by atoms with Gasteiger partial charge in [-0.2, -0.15) is 0 Å². The first-order valence-corrected chi connectivity index (χ1v) is 10.8. The first kappa shape index (κ1) is 19.9. The third-order valence-electron chi connectivity index (χ3n) is 4.72. The molecule has 0 aliphatic carbocycles. The summed E-state index contributed by atoms with van der Waals surface area (Å²) < 4.78 is 26.3. The Morgan fingerprint density at radius 3 is 2.21 bits per heavy atom. The van der Waals surface area contributed by atoms with Crippen molar-refractivity contribution in [2.45, 2.75) is 6.54 Å². The number of amides is 2. The van der Waals surface area contributed by atoms with E-state index < -0.39 is 10.0 Å². The summed E-state index contributed by atoms with van der Waals surface area (Å²) in [6.07, 6.45) is 1.92. The molecule has 1 heterocycles. The quantitative estimate of drug-likeness (QED) is 0.689. The Kier molecular flexibility index (Phi) is 5.99. The standard InChI is InChI=1S/C20H23N3O4S/c1-28(26,27)23(15-17-7-3-2-4-8-17)19-10-6-5-9-18(19)20(25)22-13-11-21(16-24)12-14-22/h2-10,16H,11-15H2,1H3. The van der Waals surface area contributed by atoms with Gasteiger partial charge in [0.25, 0.3) is 5.91 Å². The molecule has 0 atom stereocenters. The minimum Gasteiger partial charge on any atom is -0.342 e. The van der Waals surface area contributed by atoms with Crippen molar-refractivity contribution >= 4 is 28.0 Å². The van der Waals surface area contributed by atoms with Gasteiger partial charge in [0, 0.05) is 26.2 Å². The number of carbonyl (C=O) groups excluding carboxylic acids is 2. The molecule has 0 saturated carbocycles. The van der Waals surface area contributed by atoms with E-state index in [2.05, 4.69) is 0 Å². The summed E-state index contributed by atoms with van der Waals surface area (Å²) in [5, 5.41) is 0. The Morgan fingerprint density at radius 1 is 1.00 bits per heavy atom. The van der Waals surface area contributed by atoms with Crippen LogP contribution in [0.25, 0.3) is 0 Å². The number of rotatable bonds is 6. The maximum Gasteiger partial charge on any atom is 0.256 e. The number of sulfonamides is 1. The van der Waals surface area contributed by atoms with Crippen LogP contribution < -0.4 is 4.31 Å². The van der Waals surface area contributed by atoms with Gasteiger partial charge in [-0.15, -0.1) is 0 Å². The zero-order chi connectivity index (χ0) is 20.1. The Hall–Kier alpha value is -2.87. The van der Waals surface area contributed by atoms with Crippen LogP contribution in [0.15, 0.2) is 54.6 Å². The van der Waals surface area contributed by atoms with Crippen molar-refractivity contribution in [3.63, 3.8) is 0 Å². The largest absolute Gasteiger partial charge is 0.342 e. The maximum atomic E-state index is 13.1. The highest BCUT2D eigenvalue weighted by atomic mass is 32.2. The van der Waals surface area contributed by atoms with E-state index >= 15 is 0 Å². The van der Waals surface area contributed by atoms with Crippen LogP contribution in [-0.4, -0.2) is 63.0 Å². The fourth-order valence-electron chi connectivity index (χ4n) is 3.20. The number of nitrogens with zero attached hydrogens (tertiary/aromatic N) is 3. The van der Waals surface area contributed by atoms with Gasteiger partial charge in [-0.25, -0.2) is 8.42 Å². The van der Waals surface area contributed by atoms with Gasteiger partial charge in [0.15, 0.2) is 0 Å². The van der Waals surface area contributed by atoms with Crippen LogP contribution >= 0.6 is 0 Å². The second kappa shape index (κ2) is 8.43. The molecule has 8 heteroatoms. The van der Waals surface area contributed by atoms with Crippen molar-refractivity contribution in [2.75, 3.05) is 36.7 Å². The number of para-hydroxylation sites is 1. The van der Waals surface area contributed by atoms with Crippen molar-refractivity contribution in [3.8, 4) is 0 Å². The number of benzene rings is 2. The minimum atomic E-state index is -3.61. The topological polar surface area (TPSA) is 78.0 Å². The average Bonchev–Trinajstić information content (AvgIpc) is 2.71. The summed E-state index contributed by atoms with van der Waals surface area (Å²) in [5.74, 6) is -0.233. The van der Waals surface area contributed by atoms with E-state index in [4.69, 9.17) is 0 Å². The lowest BCUT2D eigenvalue weighted by atomic mass is 10.1. The lowest BCUT2D eigenvalue weighted by Crippen LogP contribution is -2.48. The van der Waals surface area contributed by atoms with Gasteiger partial charge in [0.2, 0.25) is 16.4 Å². The van der Waals surface area contributed by atoms with Crippen molar-refractivity contribution in [1.82, 2.24) is 9.80 Å². The highest BCUT2D eigenvalue weighted by Crippen LogP contribution is 2.26. The summed E-state index contributed by atoms with van der Waals surface area (Å²) in [7, 11) is -3.61.